The van der Waals surface area contributed by atoms with E-state index >= 15 is 0 Å². The summed E-state index contributed by atoms with van der Waals surface area (Å²) in [6.45, 7) is 3.41. The maximum atomic E-state index is 5.52. The number of ether oxygens (including phenoxy) is 1. The van der Waals surface area contributed by atoms with Crippen molar-refractivity contribution in [3.63, 3.8) is 0 Å². The van der Waals surface area contributed by atoms with Gasteiger partial charge in [-0.3, -0.25) is 0 Å². The Morgan fingerprint density at radius 3 is 2.60 bits per heavy atom. The zero-order valence-corrected chi connectivity index (χ0v) is 10.9. The first-order valence-electron chi connectivity index (χ1n) is 6.34. The van der Waals surface area contributed by atoms with Crippen molar-refractivity contribution < 1.29 is 4.74 Å². The standard InChI is InChI=1S/C12H15N7O/c13-12-15-16-17-19(12)14-9-10-1-3-11(4-2-10)18-5-7-20-8-6-18/h1-4,9H,5-8H2,(H2,13,15,17)/b14-9+. The van der Waals surface area contributed by atoms with Gasteiger partial charge in [0.1, 0.15) is 0 Å². The van der Waals surface area contributed by atoms with Gasteiger partial charge in [-0.1, -0.05) is 22.0 Å². The quantitative estimate of drug-likeness (QED) is 0.789. The molecule has 2 N–H and O–H groups in total. The summed E-state index contributed by atoms with van der Waals surface area (Å²) in [6, 6.07) is 8.12. The molecule has 0 bridgehead atoms. The third-order valence-corrected chi connectivity index (χ3v) is 3.06. The van der Waals surface area contributed by atoms with Gasteiger partial charge in [-0.25, -0.2) is 0 Å². The second-order valence-corrected chi connectivity index (χ2v) is 4.36. The molecule has 2 heterocycles. The minimum Gasteiger partial charge on any atom is -0.378 e. The van der Waals surface area contributed by atoms with Gasteiger partial charge in [-0.2, -0.15) is 5.10 Å². The van der Waals surface area contributed by atoms with Gasteiger partial charge < -0.3 is 15.4 Å². The van der Waals surface area contributed by atoms with Gasteiger partial charge in [0.2, 0.25) is 0 Å². The van der Waals surface area contributed by atoms with Gasteiger partial charge >= 0.3 is 0 Å². The molecular weight excluding hydrogens is 258 g/mol. The molecule has 3 rings (SSSR count). The molecular formula is C12H15N7O. The zero-order valence-electron chi connectivity index (χ0n) is 10.9. The Labute approximate surface area is 115 Å². The summed E-state index contributed by atoms with van der Waals surface area (Å²) < 4.78 is 5.34. The molecule has 0 amide bonds. The minimum absolute atomic E-state index is 0.159. The molecule has 8 nitrogen and oxygen atoms in total. The lowest BCUT2D eigenvalue weighted by Gasteiger charge is -2.28. The van der Waals surface area contributed by atoms with Crippen molar-refractivity contribution in [1.82, 2.24) is 20.3 Å². The van der Waals surface area contributed by atoms with Crippen molar-refractivity contribution in [2.45, 2.75) is 0 Å². The van der Waals surface area contributed by atoms with E-state index in [1.807, 2.05) is 12.1 Å². The number of hydrogen-bond donors (Lipinski definition) is 1. The van der Waals surface area contributed by atoms with Crippen LogP contribution >= 0.6 is 0 Å². The summed E-state index contributed by atoms with van der Waals surface area (Å²) in [5, 5.41) is 14.7. The number of nitrogen functional groups attached to an aromatic ring is 1. The smallest absolute Gasteiger partial charge is 0.263 e. The largest absolute Gasteiger partial charge is 0.378 e. The van der Waals surface area contributed by atoms with Crippen LogP contribution in [0.25, 0.3) is 0 Å². The number of nitrogens with two attached hydrogens (primary N) is 1. The van der Waals surface area contributed by atoms with Gasteiger partial charge in [-0.05, 0) is 28.1 Å². The summed E-state index contributed by atoms with van der Waals surface area (Å²) in [5.74, 6) is 0.159. The normalized spacial score (nSPS) is 15.9. The molecule has 1 saturated heterocycles. The fourth-order valence-electron chi connectivity index (χ4n) is 1.99. The molecule has 8 heteroatoms. The molecule has 1 aromatic heterocycles. The molecule has 0 unspecified atom stereocenters. The van der Waals surface area contributed by atoms with Gasteiger partial charge in [0.05, 0.1) is 19.4 Å². The predicted octanol–water partition coefficient (Wildman–Crippen LogP) is -0.0259. The number of hydrogen-bond acceptors (Lipinski definition) is 7. The van der Waals surface area contributed by atoms with Crippen molar-refractivity contribution >= 4 is 17.9 Å². The number of anilines is 2. The van der Waals surface area contributed by atoms with E-state index in [1.165, 1.54) is 10.5 Å². The van der Waals surface area contributed by atoms with E-state index in [9.17, 15) is 0 Å². The Bertz CT molecular complexity index is 586. The number of morpholine rings is 1. The summed E-state index contributed by atoms with van der Waals surface area (Å²) in [7, 11) is 0. The number of nitrogens with zero attached hydrogens (tertiary/aromatic N) is 6. The Kier molecular flexibility index (Phi) is 3.55. The molecule has 2 aromatic rings. The Hall–Kier alpha value is -2.48. The second-order valence-electron chi connectivity index (χ2n) is 4.36. The molecule has 0 spiro atoms. The van der Waals surface area contributed by atoms with Crippen LogP contribution in [0.1, 0.15) is 5.56 Å². The first kappa shape index (κ1) is 12.5. The highest BCUT2D eigenvalue weighted by molar-refractivity contribution is 5.80. The van der Waals surface area contributed by atoms with E-state index in [0.29, 0.717) is 0 Å². The molecule has 104 valence electrons. The summed E-state index contributed by atoms with van der Waals surface area (Å²) in [4.78, 5) is 3.47. The molecule has 1 aliphatic rings. The van der Waals surface area contributed by atoms with Crippen LogP contribution in [0.4, 0.5) is 11.6 Å². The number of aromatic nitrogens is 4. The van der Waals surface area contributed by atoms with E-state index in [0.717, 1.165) is 31.9 Å². The molecule has 1 fully saturated rings. The van der Waals surface area contributed by atoms with Crippen LogP contribution in [0.5, 0.6) is 0 Å². The minimum atomic E-state index is 0.159. The maximum Gasteiger partial charge on any atom is 0.263 e. The van der Waals surface area contributed by atoms with Crippen molar-refractivity contribution in [2.75, 3.05) is 36.9 Å². The van der Waals surface area contributed by atoms with Crippen molar-refractivity contribution in [3.8, 4) is 0 Å². The predicted molar refractivity (Wildman–Crippen MR) is 74.7 cm³/mol. The lowest BCUT2D eigenvalue weighted by Crippen LogP contribution is -2.36. The molecule has 1 aliphatic heterocycles. The number of rotatable bonds is 3. The van der Waals surface area contributed by atoms with Crippen LogP contribution in [-0.4, -0.2) is 52.8 Å². The first-order chi connectivity index (χ1) is 9.83. The third-order valence-electron chi connectivity index (χ3n) is 3.06. The lowest BCUT2D eigenvalue weighted by molar-refractivity contribution is 0.122. The highest BCUT2D eigenvalue weighted by Gasteiger charge is 2.10. The third kappa shape index (κ3) is 2.75. The van der Waals surface area contributed by atoms with E-state index in [1.54, 1.807) is 6.21 Å². The average molecular weight is 273 g/mol. The Morgan fingerprint density at radius 1 is 1.20 bits per heavy atom. The summed E-state index contributed by atoms with van der Waals surface area (Å²) >= 11 is 0. The fraction of sp³-hybridized carbons (Fsp3) is 0.333. The highest BCUT2D eigenvalue weighted by Crippen LogP contribution is 2.15. The molecule has 0 aliphatic carbocycles. The molecule has 0 radical (unpaired) electrons. The number of benzene rings is 1. The molecule has 0 atom stereocenters. The van der Waals surface area contributed by atoms with Gasteiger partial charge in [0.25, 0.3) is 5.95 Å². The first-order valence-corrected chi connectivity index (χ1v) is 6.34. The highest BCUT2D eigenvalue weighted by atomic mass is 16.5. The van der Waals surface area contributed by atoms with Crippen molar-refractivity contribution in [2.24, 2.45) is 5.10 Å². The topological polar surface area (TPSA) is 94.5 Å². The van der Waals surface area contributed by atoms with E-state index in [4.69, 9.17) is 10.5 Å². The molecule has 20 heavy (non-hydrogen) atoms. The molecule has 0 saturated carbocycles. The van der Waals surface area contributed by atoms with Gasteiger partial charge in [0, 0.05) is 18.8 Å². The second kappa shape index (κ2) is 5.66. The summed E-state index contributed by atoms with van der Waals surface area (Å²) in [5.41, 5.74) is 7.66. The Morgan fingerprint density at radius 2 is 1.95 bits per heavy atom. The van der Waals surface area contributed by atoms with Crippen LogP contribution < -0.4 is 10.6 Å². The zero-order chi connectivity index (χ0) is 13.8. The van der Waals surface area contributed by atoms with E-state index in [2.05, 4.69) is 37.7 Å². The Balaban J connectivity index is 1.69. The van der Waals surface area contributed by atoms with Gasteiger partial charge in [-0.15, -0.1) is 0 Å². The SMILES string of the molecule is Nc1nnnn1/N=C/c1ccc(N2CCOCC2)cc1. The molecule has 1 aromatic carbocycles. The maximum absolute atomic E-state index is 5.52. The lowest BCUT2D eigenvalue weighted by atomic mass is 10.2. The fourth-order valence-corrected chi connectivity index (χ4v) is 1.99. The van der Waals surface area contributed by atoms with Crippen molar-refractivity contribution in [1.29, 1.82) is 0 Å². The van der Waals surface area contributed by atoms with E-state index < -0.39 is 0 Å². The van der Waals surface area contributed by atoms with Crippen LogP contribution in [0.2, 0.25) is 0 Å². The van der Waals surface area contributed by atoms with Crippen LogP contribution in [0.15, 0.2) is 29.4 Å². The monoisotopic (exact) mass is 273 g/mol. The number of tetrazole rings is 1. The van der Waals surface area contributed by atoms with Crippen molar-refractivity contribution in [3.05, 3.63) is 29.8 Å². The van der Waals surface area contributed by atoms with Crippen LogP contribution in [-0.2, 0) is 4.74 Å². The van der Waals surface area contributed by atoms with E-state index in [-0.39, 0.29) is 5.95 Å². The van der Waals surface area contributed by atoms with Gasteiger partial charge in [0.15, 0.2) is 0 Å². The average Bonchev–Trinajstić information content (AvgIpc) is 2.92. The summed E-state index contributed by atoms with van der Waals surface area (Å²) in [6.07, 6.45) is 1.66. The van der Waals surface area contributed by atoms with Crippen LogP contribution in [0, 0.1) is 0 Å². The van der Waals surface area contributed by atoms with Crippen LogP contribution in [0.3, 0.4) is 0 Å².